The summed E-state index contributed by atoms with van der Waals surface area (Å²) < 4.78 is 34.3. The third-order valence-electron chi connectivity index (χ3n) is 6.51. The number of fused-ring (bicyclic) bond motifs is 3. The van der Waals surface area contributed by atoms with E-state index in [-0.39, 0.29) is 34.1 Å². The van der Waals surface area contributed by atoms with Crippen LogP contribution in [0, 0.1) is 16.0 Å². The van der Waals surface area contributed by atoms with Gasteiger partial charge >= 0.3 is 0 Å². The highest BCUT2D eigenvalue weighted by Gasteiger charge is 2.38. The molecule has 2 N–H and O–H groups in total. The molecule has 1 heterocycles. The number of hydrogen-bond acceptors (Lipinski definition) is 6. The van der Waals surface area contributed by atoms with Gasteiger partial charge < -0.3 is 10.1 Å². The van der Waals surface area contributed by atoms with Crippen LogP contribution in [-0.2, 0) is 10.0 Å². The van der Waals surface area contributed by atoms with Gasteiger partial charge in [0.25, 0.3) is 15.7 Å². The summed E-state index contributed by atoms with van der Waals surface area (Å²) in [5.74, 6) is 0.535. The van der Waals surface area contributed by atoms with Gasteiger partial charge in [0.2, 0.25) is 0 Å². The maximum atomic E-state index is 13.2. The number of non-ortho nitro benzene ring substituents is 1. The van der Waals surface area contributed by atoms with Crippen molar-refractivity contribution >= 4 is 38.7 Å². The zero-order valence-corrected chi connectivity index (χ0v) is 20.2. The molecule has 0 fully saturated rings. The molecule has 0 unspecified atom stereocenters. The van der Waals surface area contributed by atoms with Crippen molar-refractivity contribution in [3.63, 3.8) is 0 Å². The van der Waals surface area contributed by atoms with Crippen molar-refractivity contribution < 1.29 is 18.1 Å². The lowest BCUT2D eigenvalue weighted by Crippen LogP contribution is -2.29. The van der Waals surface area contributed by atoms with Crippen molar-refractivity contribution in [2.24, 2.45) is 5.92 Å². The van der Waals surface area contributed by atoms with Crippen LogP contribution < -0.4 is 14.8 Å². The minimum Gasteiger partial charge on any atom is -0.495 e. The Balaban J connectivity index is 1.47. The van der Waals surface area contributed by atoms with E-state index in [4.69, 9.17) is 16.3 Å². The number of nitrogens with one attached hydrogen (secondary N) is 2. The van der Waals surface area contributed by atoms with Crippen molar-refractivity contribution in [3.05, 3.63) is 99.1 Å². The maximum absolute atomic E-state index is 13.2. The summed E-state index contributed by atoms with van der Waals surface area (Å²) in [5.41, 5.74) is 2.98. The molecule has 10 heteroatoms. The minimum absolute atomic E-state index is 0.0160. The number of anilines is 2. The number of rotatable bonds is 6. The molecule has 0 aromatic heterocycles. The standard InChI is InChI=1S/C25H22ClN3O5S/c1-34-24-12-7-16(26)13-23(24)28-35(32,33)18-10-11-22-21(14-18)19-3-2-4-20(19)25(27-22)15-5-8-17(9-6-15)29(30)31/h2-3,5-14,19-20,25,27-28H,4H2,1H3/t19-,20+,25+/m0/s1. The first kappa shape index (κ1) is 23.2. The van der Waals surface area contributed by atoms with Crippen molar-refractivity contribution in [2.75, 3.05) is 17.1 Å². The molecule has 0 amide bonds. The van der Waals surface area contributed by atoms with E-state index in [0.717, 1.165) is 23.2 Å². The van der Waals surface area contributed by atoms with Crippen molar-refractivity contribution in [2.45, 2.75) is 23.3 Å². The maximum Gasteiger partial charge on any atom is 0.269 e. The zero-order chi connectivity index (χ0) is 24.7. The van der Waals surface area contributed by atoms with Gasteiger partial charge in [-0.05, 0) is 59.9 Å². The van der Waals surface area contributed by atoms with Gasteiger partial charge in [0, 0.05) is 28.8 Å². The number of nitro benzene ring substituents is 1. The Bertz CT molecular complexity index is 1440. The number of hydrogen-bond donors (Lipinski definition) is 2. The largest absolute Gasteiger partial charge is 0.495 e. The van der Waals surface area contributed by atoms with E-state index in [1.165, 1.54) is 25.3 Å². The summed E-state index contributed by atoms with van der Waals surface area (Å²) in [4.78, 5) is 10.7. The lowest BCUT2D eigenvalue weighted by Gasteiger charge is -2.37. The molecule has 0 bridgehead atoms. The second kappa shape index (κ2) is 8.90. The Morgan fingerprint density at radius 1 is 1.11 bits per heavy atom. The van der Waals surface area contributed by atoms with Gasteiger partial charge in [-0.3, -0.25) is 14.8 Å². The fraction of sp³-hybridized carbons (Fsp3) is 0.200. The number of halogens is 1. The number of sulfonamides is 1. The van der Waals surface area contributed by atoms with Gasteiger partial charge in [-0.15, -0.1) is 0 Å². The second-order valence-corrected chi connectivity index (χ2v) is 10.6. The zero-order valence-electron chi connectivity index (χ0n) is 18.6. The number of nitrogens with zero attached hydrogens (tertiary/aromatic N) is 1. The summed E-state index contributed by atoms with van der Waals surface area (Å²) in [6.07, 6.45) is 5.01. The highest BCUT2D eigenvalue weighted by atomic mass is 35.5. The van der Waals surface area contributed by atoms with Crippen LogP contribution in [0.2, 0.25) is 5.02 Å². The summed E-state index contributed by atoms with van der Waals surface area (Å²) in [6.45, 7) is 0. The van der Waals surface area contributed by atoms with Crippen LogP contribution in [0.4, 0.5) is 17.1 Å². The van der Waals surface area contributed by atoms with Crippen LogP contribution >= 0.6 is 11.6 Å². The third-order valence-corrected chi connectivity index (χ3v) is 8.11. The Kier molecular flexibility index (Phi) is 5.90. The molecule has 3 aromatic carbocycles. The van der Waals surface area contributed by atoms with Gasteiger partial charge in [0.1, 0.15) is 5.75 Å². The molecule has 5 rings (SSSR count). The normalized spacial score (nSPS) is 20.5. The van der Waals surface area contributed by atoms with Crippen LogP contribution in [-0.4, -0.2) is 20.5 Å². The number of allylic oxidation sites excluding steroid dienone is 2. The highest BCUT2D eigenvalue weighted by molar-refractivity contribution is 7.92. The average Bonchev–Trinajstić information content (AvgIpc) is 3.33. The van der Waals surface area contributed by atoms with E-state index in [1.807, 2.05) is 0 Å². The Morgan fingerprint density at radius 3 is 2.60 bits per heavy atom. The molecule has 0 radical (unpaired) electrons. The highest BCUT2D eigenvalue weighted by Crippen LogP contribution is 2.50. The van der Waals surface area contributed by atoms with E-state index in [9.17, 15) is 18.5 Å². The van der Waals surface area contributed by atoms with Gasteiger partial charge in [0.15, 0.2) is 0 Å². The van der Waals surface area contributed by atoms with Crippen LogP contribution in [0.1, 0.15) is 29.5 Å². The summed E-state index contributed by atoms with van der Waals surface area (Å²) in [6, 6.07) is 16.2. The van der Waals surface area contributed by atoms with Crippen LogP contribution in [0.25, 0.3) is 0 Å². The molecule has 3 aromatic rings. The molecule has 2 aliphatic rings. The first-order chi connectivity index (χ1) is 16.8. The fourth-order valence-electron chi connectivity index (χ4n) is 4.84. The van der Waals surface area contributed by atoms with Gasteiger partial charge in [-0.2, -0.15) is 0 Å². The molecule has 0 saturated carbocycles. The Hall–Kier alpha value is -3.56. The molecule has 1 aliphatic heterocycles. The fourth-order valence-corrected chi connectivity index (χ4v) is 6.10. The summed E-state index contributed by atoms with van der Waals surface area (Å²) >= 11 is 6.05. The van der Waals surface area contributed by atoms with Gasteiger partial charge in [-0.25, -0.2) is 8.42 Å². The molecule has 3 atom stereocenters. The lowest BCUT2D eigenvalue weighted by molar-refractivity contribution is -0.384. The molecule has 1 aliphatic carbocycles. The van der Waals surface area contributed by atoms with Gasteiger partial charge in [-0.1, -0.05) is 35.9 Å². The number of ether oxygens (including phenoxy) is 1. The molecule has 0 saturated heterocycles. The molecule has 180 valence electrons. The van der Waals surface area contributed by atoms with Crippen LogP contribution in [0.3, 0.4) is 0 Å². The van der Waals surface area contributed by atoms with E-state index >= 15 is 0 Å². The molecule has 8 nitrogen and oxygen atoms in total. The Labute approximate surface area is 207 Å². The smallest absolute Gasteiger partial charge is 0.269 e. The Morgan fingerprint density at radius 2 is 1.89 bits per heavy atom. The topological polar surface area (TPSA) is 111 Å². The quantitative estimate of drug-likeness (QED) is 0.243. The average molecular weight is 512 g/mol. The van der Waals surface area contributed by atoms with Crippen LogP contribution in [0.5, 0.6) is 5.75 Å². The second-order valence-electron chi connectivity index (χ2n) is 8.52. The summed E-state index contributed by atoms with van der Waals surface area (Å²) in [5, 5.41) is 14.9. The number of methoxy groups -OCH3 is 1. The SMILES string of the molecule is COc1ccc(Cl)cc1NS(=O)(=O)c1ccc2c(c1)[C@H]1C=CC[C@H]1[C@@H](c1ccc([N+](=O)[O-])cc1)N2. The van der Waals surface area contributed by atoms with Crippen molar-refractivity contribution in [3.8, 4) is 5.75 Å². The van der Waals surface area contributed by atoms with E-state index in [2.05, 4.69) is 22.2 Å². The van der Waals surface area contributed by atoms with E-state index < -0.39 is 14.9 Å². The monoisotopic (exact) mass is 511 g/mol. The number of nitro groups is 1. The molecular weight excluding hydrogens is 490 g/mol. The van der Waals surface area contributed by atoms with E-state index in [0.29, 0.717) is 10.8 Å². The predicted molar refractivity (Wildman–Crippen MR) is 135 cm³/mol. The number of benzene rings is 3. The first-order valence-corrected chi connectivity index (χ1v) is 12.8. The van der Waals surface area contributed by atoms with Crippen molar-refractivity contribution in [1.29, 1.82) is 0 Å². The molecule has 0 spiro atoms. The third kappa shape index (κ3) is 4.33. The van der Waals surface area contributed by atoms with E-state index in [1.54, 1.807) is 42.5 Å². The molecule has 35 heavy (non-hydrogen) atoms. The van der Waals surface area contributed by atoms with Gasteiger partial charge in [0.05, 0.1) is 28.7 Å². The summed E-state index contributed by atoms with van der Waals surface area (Å²) in [7, 11) is -2.45. The lowest BCUT2D eigenvalue weighted by atomic mass is 9.77. The first-order valence-electron chi connectivity index (χ1n) is 10.9. The van der Waals surface area contributed by atoms with Crippen LogP contribution in [0.15, 0.2) is 77.7 Å². The van der Waals surface area contributed by atoms with Crippen molar-refractivity contribution in [1.82, 2.24) is 0 Å². The molecular formula is C25H22ClN3O5S. The minimum atomic E-state index is -3.91. The predicted octanol–water partition coefficient (Wildman–Crippen LogP) is 5.88.